The predicted molar refractivity (Wildman–Crippen MR) is 123 cm³/mol. The first kappa shape index (κ1) is 21.9. The summed E-state index contributed by atoms with van der Waals surface area (Å²) in [6, 6.07) is 14.0. The Morgan fingerprint density at radius 3 is 2.33 bits per heavy atom. The van der Waals surface area contributed by atoms with E-state index in [0.717, 1.165) is 5.56 Å². The summed E-state index contributed by atoms with van der Waals surface area (Å²) in [5, 5.41) is 7.83. The number of anilines is 2. The van der Waals surface area contributed by atoms with Gasteiger partial charge in [0.15, 0.2) is 0 Å². The Labute approximate surface area is 185 Å². The third-order valence-corrected chi connectivity index (χ3v) is 5.73. The van der Waals surface area contributed by atoms with Crippen LogP contribution < -0.4 is 15.4 Å². The predicted octanol–water partition coefficient (Wildman–Crippen LogP) is 6.21. The lowest BCUT2D eigenvalue weighted by Gasteiger charge is -2.21. The van der Waals surface area contributed by atoms with Gasteiger partial charge in [-0.05, 0) is 52.8 Å². The van der Waals surface area contributed by atoms with Crippen LogP contribution in [0.3, 0.4) is 0 Å². The number of carbonyl (C=O) groups is 2. The van der Waals surface area contributed by atoms with Crippen molar-refractivity contribution in [2.75, 3.05) is 17.7 Å². The van der Waals surface area contributed by atoms with Crippen molar-refractivity contribution < 1.29 is 14.3 Å². The van der Waals surface area contributed by atoms with E-state index in [4.69, 9.17) is 16.3 Å². The Morgan fingerprint density at radius 1 is 0.967 bits per heavy atom. The number of benzene rings is 2. The Morgan fingerprint density at radius 2 is 1.70 bits per heavy atom. The molecule has 0 unspecified atom stereocenters. The normalized spacial score (nSPS) is 11.1. The molecule has 2 aromatic carbocycles. The summed E-state index contributed by atoms with van der Waals surface area (Å²) in [5.74, 6) is -0.0387. The van der Waals surface area contributed by atoms with Gasteiger partial charge in [0.2, 0.25) is 0 Å². The van der Waals surface area contributed by atoms with Gasteiger partial charge in [-0.3, -0.25) is 9.59 Å². The van der Waals surface area contributed by atoms with E-state index in [1.165, 1.54) is 11.3 Å². The zero-order chi connectivity index (χ0) is 21.9. The maximum atomic E-state index is 12.9. The average Bonchev–Trinajstić information content (AvgIpc) is 3.24. The van der Waals surface area contributed by atoms with E-state index in [1.54, 1.807) is 37.4 Å². The molecule has 156 valence electrons. The molecule has 0 aliphatic carbocycles. The highest BCUT2D eigenvalue weighted by Crippen LogP contribution is 2.32. The summed E-state index contributed by atoms with van der Waals surface area (Å²) in [6.45, 7) is 6.30. The number of methoxy groups -OCH3 is 1. The van der Waals surface area contributed by atoms with E-state index in [2.05, 4.69) is 31.4 Å². The van der Waals surface area contributed by atoms with Gasteiger partial charge in [0, 0.05) is 5.56 Å². The Balaban J connectivity index is 1.85. The summed E-state index contributed by atoms with van der Waals surface area (Å²) in [5.41, 5.74) is 2.31. The molecule has 0 atom stereocenters. The van der Waals surface area contributed by atoms with Crippen LogP contribution in [0.2, 0.25) is 5.02 Å². The number of carbonyl (C=O) groups excluding carboxylic acids is 2. The van der Waals surface area contributed by atoms with Crippen LogP contribution in [0.1, 0.15) is 46.4 Å². The van der Waals surface area contributed by atoms with Crippen molar-refractivity contribution >= 4 is 46.1 Å². The minimum Gasteiger partial charge on any atom is -0.495 e. The van der Waals surface area contributed by atoms with Crippen molar-refractivity contribution in [3.8, 4) is 5.75 Å². The number of nitrogens with one attached hydrogen (secondary N) is 2. The lowest BCUT2D eigenvalue weighted by molar-refractivity contribution is 0.101. The third kappa shape index (κ3) is 5.01. The van der Waals surface area contributed by atoms with Crippen LogP contribution in [0.25, 0.3) is 0 Å². The molecule has 0 fully saturated rings. The fourth-order valence-electron chi connectivity index (χ4n) is 2.82. The van der Waals surface area contributed by atoms with Crippen LogP contribution in [0, 0.1) is 0 Å². The van der Waals surface area contributed by atoms with Crippen LogP contribution in [-0.4, -0.2) is 18.9 Å². The average molecular weight is 443 g/mol. The van der Waals surface area contributed by atoms with Crippen molar-refractivity contribution in [2.45, 2.75) is 26.2 Å². The fraction of sp³-hybridized carbons (Fsp3) is 0.217. The van der Waals surface area contributed by atoms with E-state index in [-0.39, 0.29) is 17.2 Å². The number of halogens is 1. The largest absolute Gasteiger partial charge is 0.495 e. The van der Waals surface area contributed by atoms with Gasteiger partial charge in [0.1, 0.15) is 5.75 Å². The molecule has 5 nitrogen and oxygen atoms in total. The van der Waals surface area contributed by atoms with Crippen molar-refractivity contribution in [1.29, 1.82) is 0 Å². The van der Waals surface area contributed by atoms with Gasteiger partial charge >= 0.3 is 0 Å². The number of thiophene rings is 1. The number of hydrogen-bond acceptors (Lipinski definition) is 4. The van der Waals surface area contributed by atoms with Gasteiger partial charge < -0.3 is 15.4 Å². The van der Waals surface area contributed by atoms with Crippen LogP contribution in [0.5, 0.6) is 5.75 Å². The molecule has 0 aliphatic heterocycles. The molecule has 0 saturated carbocycles. The first-order valence-electron chi connectivity index (χ1n) is 9.33. The van der Waals surface area contributed by atoms with Crippen molar-refractivity contribution in [3.05, 3.63) is 74.9 Å². The van der Waals surface area contributed by atoms with Gasteiger partial charge in [-0.1, -0.05) is 44.5 Å². The van der Waals surface area contributed by atoms with Crippen molar-refractivity contribution in [2.24, 2.45) is 0 Å². The zero-order valence-corrected chi connectivity index (χ0v) is 18.8. The monoisotopic (exact) mass is 442 g/mol. The van der Waals surface area contributed by atoms with Crippen LogP contribution >= 0.6 is 22.9 Å². The van der Waals surface area contributed by atoms with Gasteiger partial charge in [-0.15, -0.1) is 11.3 Å². The second-order valence-corrected chi connectivity index (χ2v) is 9.10. The zero-order valence-electron chi connectivity index (χ0n) is 17.2. The minimum atomic E-state index is -0.331. The number of ether oxygens (including phenoxy) is 1. The standard InChI is InChI=1S/C23H23ClN2O3S/c1-23(2,3)15-8-10-19(29-4)18(13-15)26-21(27)14-7-9-16(24)17(12-14)25-22(28)20-6-5-11-30-20/h5-13H,1-4H3,(H,25,28)(H,26,27). The third-order valence-electron chi connectivity index (χ3n) is 4.54. The fourth-order valence-corrected chi connectivity index (χ4v) is 3.60. The molecule has 30 heavy (non-hydrogen) atoms. The molecule has 0 bridgehead atoms. The van der Waals surface area contributed by atoms with E-state index in [9.17, 15) is 9.59 Å². The second-order valence-electron chi connectivity index (χ2n) is 7.75. The highest BCUT2D eigenvalue weighted by atomic mass is 35.5. The van der Waals surface area contributed by atoms with Crippen molar-refractivity contribution in [3.63, 3.8) is 0 Å². The molecule has 2 N–H and O–H groups in total. The minimum absolute atomic E-state index is 0.0781. The molecule has 0 saturated heterocycles. The molecule has 3 rings (SSSR count). The molecule has 7 heteroatoms. The molecular formula is C23H23ClN2O3S. The topological polar surface area (TPSA) is 67.4 Å². The maximum Gasteiger partial charge on any atom is 0.265 e. The Kier molecular flexibility index (Phi) is 6.48. The SMILES string of the molecule is COc1ccc(C(C)(C)C)cc1NC(=O)c1ccc(Cl)c(NC(=O)c2cccs2)c1. The van der Waals surface area contributed by atoms with Crippen LogP contribution in [-0.2, 0) is 5.41 Å². The van der Waals surface area contributed by atoms with Crippen molar-refractivity contribution in [1.82, 2.24) is 0 Å². The highest BCUT2D eigenvalue weighted by molar-refractivity contribution is 7.12. The van der Waals surface area contributed by atoms with E-state index >= 15 is 0 Å². The molecule has 2 amide bonds. The van der Waals surface area contributed by atoms with Gasteiger partial charge in [-0.2, -0.15) is 0 Å². The molecule has 1 aromatic heterocycles. The molecule has 0 spiro atoms. The maximum absolute atomic E-state index is 12.9. The molecule has 0 aliphatic rings. The Bertz CT molecular complexity index is 1070. The lowest BCUT2D eigenvalue weighted by atomic mass is 9.87. The first-order chi connectivity index (χ1) is 14.2. The van der Waals surface area contributed by atoms with Crippen LogP contribution in [0.15, 0.2) is 53.9 Å². The molecular weight excluding hydrogens is 420 g/mol. The summed E-state index contributed by atoms with van der Waals surface area (Å²) in [4.78, 5) is 25.8. The van der Waals surface area contributed by atoms with E-state index in [1.807, 2.05) is 23.6 Å². The van der Waals surface area contributed by atoms with Crippen LogP contribution in [0.4, 0.5) is 11.4 Å². The van der Waals surface area contributed by atoms with Gasteiger partial charge in [0.05, 0.1) is 28.4 Å². The first-order valence-corrected chi connectivity index (χ1v) is 10.6. The van der Waals surface area contributed by atoms with E-state index < -0.39 is 0 Å². The molecule has 1 heterocycles. The van der Waals surface area contributed by atoms with Gasteiger partial charge in [0.25, 0.3) is 11.8 Å². The quantitative estimate of drug-likeness (QED) is 0.493. The number of hydrogen-bond donors (Lipinski definition) is 2. The summed E-state index contributed by atoms with van der Waals surface area (Å²) in [7, 11) is 1.56. The number of amides is 2. The molecule has 3 aromatic rings. The summed E-state index contributed by atoms with van der Waals surface area (Å²) >= 11 is 7.55. The number of rotatable bonds is 5. The summed E-state index contributed by atoms with van der Waals surface area (Å²) in [6.07, 6.45) is 0. The highest BCUT2D eigenvalue weighted by Gasteiger charge is 2.18. The smallest absolute Gasteiger partial charge is 0.265 e. The molecule has 0 radical (unpaired) electrons. The van der Waals surface area contributed by atoms with E-state index in [0.29, 0.717) is 32.6 Å². The lowest BCUT2D eigenvalue weighted by Crippen LogP contribution is -2.16. The van der Waals surface area contributed by atoms with Gasteiger partial charge in [-0.25, -0.2) is 0 Å². The second kappa shape index (κ2) is 8.90. The summed E-state index contributed by atoms with van der Waals surface area (Å²) < 4.78 is 5.39. The Hall–Kier alpha value is -2.83.